The molecule has 0 aliphatic rings. The number of nitrogens with zero attached hydrogens (tertiary/aromatic N) is 3. The van der Waals surface area contributed by atoms with Gasteiger partial charge < -0.3 is 0 Å². The fourth-order valence-corrected chi connectivity index (χ4v) is 2.11. The zero-order chi connectivity index (χ0) is 12.0. The predicted octanol–water partition coefficient (Wildman–Crippen LogP) is 3.32. The average molecular weight is 284 g/mol. The molecule has 88 valence electrons. The van der Waals surface area contributed by atoms with Crippen LogP contribution in [-0.4, -0.2) is 15.1 Å². The lowest BCUT2D eigenvalue weighted by atomic mass is 10.1. The first-order valence-electron chi connectivity index (χ1n) is 5.74. The minimum atomic E-state index is 0.0186. The lowest BCUT2D eigenvalue weighted by molar-refractivity contribution is 0.424. The molecule has 0 spiro atoms. The van der Waals surface area contributed by atoms with Gasteiger partial charge in [-0.2, -0.15) is 10.4 Å². The van der Waals surface area contributed by atoms with Gasteiger partial charge in [0.15, 0.2) is 0 Å². The zero-order valence-corrected chi connectivity index (χ0v) is 11.4. The van der Waals surface area contributed by atoms with Gasteiger partial charge in [-0.1, -0.05) is 29.8 Å². The van der Waals surface area contributed by atoms with E-state index in [-0.39, 0.29) is 5.92 Å². The number of aromatic nitrogens is 2. The van der Waals surface area contributed by atoms with E-state index in [2.05, 4.69) is 40.9 Å². The third kappa shape index (κ3) is 3.34. The van der Waals surface area contributed by atoms with E-state index in [9.17, 15) is 0 Å². The highest BCUT2D eigenvalue weighted by Crippen LogP contribution is 2.16. The molecule has 1 unspecified atom stereocenters. The Morgan fingerprint density at radius 2 is 2.19 bits per heavy atom. The van der Waals surface area contributed by atoms with E-state index in [1.807, 2.05) is 16.9 Å². The van der Waals surface area contributed by atoms with E-state index in [4.69, 9.17) is 5.26 Å². The average Bonchev–Trinajstić information content (AvgIpc) is 2.76. The molecule has 0 bridgehead atoms. The fourth-order valence-electron chi connectivity index (χ4n) is 1.74. The number of hydrogen-bond acceptors (Lipinski definition) is 2. The van der Waals surface area contributed by atoms with Crippen LogP contribution in [0.5, 0.6) is 0 Å². The number of halogens is 1. The lowest BCUT2D eigenvalue weighted by Crippen LogP contribution is -2.09. The number of rotatable bonds is 6. The normalized spacial score (nSPS) is 12.7. The summed E-state index contributed by atoms with van der Waals surface area (Å²) in [5, 5.41) is 14.1. The van der Waals surface area contributed by atoms with E-state index in [1.54, 1.807) is 0 Å². The highest BCUT2D eigenvalue weighted by molar-refractivity contribution is 9.09. The van der Waals surface area contributed by atoms with Crippen LogP contribution < -0.4 is 0 Å². The molecular formula is C12H18BrN3. The molecule has 0 aromatic carbocycles. The SMILES string of the molecule is CCC(CC)n1ccc(CC(C#N)CBr)n1. The Balaban J connectivity index is 2.68. The lowest BCUT2D eigenvalue weighted by Gasteiger charge is -2.12. The van der Waals surface area contributed by atoms with Crippen molar-refractivity contribution in [2.45, 2.75) is 39.2 Å². The third-order valence-electron chi connectivity index (χ3n) is 2.80. The maximum atomic E-state index is 8.88. The Hall–Kier alpha value is -0.820. The Labute approximate surface area is 106 Å². The van der Waals surface area contributed by atoms with Gasteiger partial charge in [0.05, 0.1) is 23.7 Å². The summed E-state index contributed by atoms with van der Waals surface area (Å²) in [7, 11) is 0. The van der Waals surface area contributed by atoms with E-state index in [0.29, 0.717) is 11.4 Å². The summed E-state index contributed by atoms with van der Waals surface area (Å²) in [6.07, 6.45) is 4.94. The van der Waals surface area contributed by atoms with Gasteiger partial charge >= 0.3 is 0 Å². The van der Waals surface area contributed by atoms with Gasteiger partial charge in [0.2, 0.25) is 0 Å². The van der Waals surface area contributed by atoms with Crippen LogP contribution in [0.2, 0.25) is 0 Å². The van der Waals surface area contributed by atoms with Crippen molar-refractivity contribution in [3.63, 3.8) is 0 Å². The van der Waals surface area contributed by atoms with E-state index >= 15 is 0 Å². The van der Waals surface area contributed by atoms with Gasteiger partial charge in [-0.3, -0.25) is 4.68 Å². The van der Waals surface area contributed by atoms with Crippen molar-refractivity contribution in [3.05, 3.63) is 18.0 Å². The molecule has 0 saturated carbocycles. The molecule has 0 radical (unpaired) electrons. The summed E-state index contributed by atoms with van der Waals surface area (Å²) in [4.78, 5) is 0. The number of hydrogen-bond donors (Lipinski definition) is 0. The highest BCUT2D eigenvalue weighted by atomic mass is 79.9. The first kappa shape index (κ1) is 13.2. The summed E-state index contributed by atoms with van der Waals surface area (Å²) in [6, 6.07) is 4.77. The van der Waals surface area contributed by atoms with Gasteiger partial charge in [-0.05, 0) is 18.9 Å². The smallest absolute Gasteiger partial charge is 0.0668 e. The molecule has 1 aromatic rings. The van der Waals surface area contributed by atoms with Gasteiger partial charge in [0, 0.05) is 17.9 Å². The molecule has 1 atom stereocenters. The molecular weight excluding hydrogens is 266 g/mol. The quantitative estimate of drug-likeness (QED) is 0.752. The van der Waals surface area contributed by atoms with Gasteiger partial charge in [0.25, 0.3) is 0 Å². The van der Waals surface area contributed by atoms with Crippen molar-refractivity contribution in [1.82, 2.24) is 9.78 Å². The fraction of sp³-hybridized carbons (Fsp3) is 0.667. The molecule has 4 heteroatoms. The molecule has 0 amide bonds. The first-order valence-corrected chi connectivity index (χ1v) is 6.86. The van der Waals surface area contributed by atoms with Crippen LogP contribution in [0.3, 0.4) is 0 Å². The Kier molecular flexibility index (Phi) is 5.54. The van der Waals surface area contributed by atoms with Gasteiger partial charge in [0.1, 0.15) is 0 Å². The molecule has 0 aliphatic carbocycles. The largest absolute Gasteiger partial charge is 0.269 e. The Morgan fingerprint density at radius 3 is 2.69 bits per heavy atom. The minimum absolute atomic E-state index is 0.0186. The summed E-state index contributed by atoms with van der Waals surface area (Å²) >= 11 is 3.34. The topological polar surface area (TPSA) is 41.6 Å². The van der Waals surface area contributed by atoms with Crippen molar-refractivity contribution in [1.29, 1.82) is 5.26 Å². The van der Waals surface area contributed by atoms with E-state index in [0.717, 1.165) is 25.0 Å². The van der Waals surface area contributed by atoms with Crippen molar-refractivity contribution in [2.24, 2.45) is 5.92 Å². The zero-order valence-electron chi connectivity index (χ0n) is 9.86. The first-order chi connectivity index (χ1) is 7.74. The van der Waals surface area contributed by atoms with Crippen molar-refractivity contribution < 1.29 is 0 Å². The Morgan fingerprint density at radius 1 is 1.50 bits per heavy atom. The van der Waals surface area contributed by atoms with Crippen LogP contribution in [0.4, 0.5) is 0 Å². The molecule has 1 heterocycles. The molecule has 3 nitrogen and oxygen atoms in total. The van der Waals surface area contributed by atoms with Crippen LogP contribution in [0.1, 0.15) is 38.4 Å². The summed E-state index contributed by atoms with van der Waals surface area (Å²) < 4.78 is 2.03. The summed E-state index contributed by atoms with van der Waals surface area (Å²) in [5.74, 6) is 0.0186. The molecule has 0 saturated heterocycles. The second-order valence-corrected chi connectivity index (χ2v) is 4.59. The molecule has 1 aromatic heterocycles. The van der Waals surface area contributed by atoms with Crippen LogP contribution in [0, 0.1) is 17.2 Å². The molecule has 16 heavy (non-hydrogen) atoms. The highest BCUT2D eigenvalue weighted by Gasteiger charge is 2.11. The summed E-state index contributed by atoms with van der Waals surface area (Å²) in [5.41, 5.74) is 1.01. The molecule has 1 rings (SSSR count). The minimum Gasteiger partial charge on any atom is -0.269 e. The third-order valence-corrected chi connectivity index (χ3v) is 3.59. The van der Waals surface area contributed by atoms with E-state index < -0.39 is 0 Å². The summed E-state index contributed by atoms with van der Waals surface area (Å²) in [6.45, 7) is 4.35. The predicted molar refractivity (Wildman–Crippen MR) is 68.4 cm³/mol. The van der Waals surface area contributed by atoms with Crippen molar-refractivity contribution >= 4 is 15.9 Å². The van der Waals surface area contributed by atoms with Crippen molar-refractivity contribution in [3.8, 4) is 6.07 Å². The van der Waals surface area contributed by atoms with E-state index in [1.165, 1.54) is 0 Å². The number of nitriles is 1. The molecule has 0 fully saturated rings. The standard InChI is InChI=1S/C12H18BrN3/c1-3-12(4-2)16-6-5-11(15-16)7-10(8-13)9-14/h5-6,10,12H,3-4,7-8H2,1-2H3. The van der Waals surface area contributed by atoms with Gasteiger partial charge in [-0.25, -0.2) is 0 Å². The van der Waals surface area contributed by atoms with Crippen LogP contribution in [0.15, 0.2) is 12.3 Å². The number of alkyl halides is 1. The monoisotopic (exact) mass is 283 g/mol. The second kappa shape index (κ2) is 6.70. The second-order valence-electron chi connectivity index (χ2n) is 3.94. The van der Waals surface area contributed by atoms with Gasteiger partial charge in [-0.15, -0.1) is 0 Å². The maximum absolute atomic E-state index is 8.88. The Bertz CT molecular complexity index is 349. The maximum Gasteiger partial charge on any atom is 0.0668 e. The van der Waals surface area contributed by atoms with Crippen LogP contribution in [0.25, 0.3) is 0 Å². The van der Waals surface area contributed by atoms with Crippen LogP contribution >= 0.6 is 15.9 Å². The molecule has 0 aliphatic heterocycles. The van der Waals surface area contributed by atoms with Crippen LogP contribution in [-0.2, 0) is 6.42 Å². The molecule has 0 N–H and O–H groups in total. The van der Waals surface area contributed by atoms with Crippen molar-refractivity contribution in [2.75, 3.05) is 5.33 Å².